The van der Waals surface area contributed by atoms with Crippen molar-refractivity contribution in [3.05, 3.63) is 47.9 Å². The number of aromatic nitrogens is 2. The van der Waals surface area contributed by atoms with Crippen molar-refractivity contribution in [2.45, 2.75) is 33.3 Å². The van der Waals surface area contributed by atoms with Gasteiger partial charge >= 0.3 is 6.09 Å². The number of rotatable bonds is 3. The molecule has 3 N–H and O–H groups in total. The molecule has 148 valence electrons. The van der Waals surface area contributed by atoms with Crippen LogP contribution in [-0.4, -0.2) is 39.7 Å². The molecule has 0 radical (unpaired) electrons. The number of hydrogen-bond acceptors (Lipinski definition) is 6. The number of hydrogen-bond donors (Lipinski definition) is 3. The highest BCUT2D eigenvalue weighted by molar-refractivity contribution is 7.80. The van der Waals surface area contributed by atoms with Gasteiger partial charge in [-0.1, -0.05) is 0 Å². The van der Waals surface area contributed by atoms with Crippen LogP contribution in [0, 0.1) is 12.3 Å². The fraction of sp³-hybridized carbons (Fsp3) is 0.316. The molecule has 0 unspecified atom stereocenters. The third-order valence-electron chi connectivity index (χ3n) is 3.46. The van der Waals surface area contributed by atoms with E-state index in [0.717, 1.165) is 5.56 Å². The largest absolute Gasteiger partial charge is 0.443 e. The van der Waals surface area contributed by atoms with Crippen LogP contribution >= 0.6 is 12.2 Å². The average molecular weight is 401 g/mol. The van der Waals surface area contributed by atoms with Crippen LogP contribution in [0.3, 0.4) is 0 Å². The van der Waals surface area contributed by atoms with Crippen LogP contribution in [0.4, 0.5) is 16.3 Å². The summed E-state index contributed by atoms with van der Waals surface area (Å²) in [5.74, 6) is 0.414. The molecule has 2 heterocycles. The Morgan fingerprint density at radius 1 is 1.25 bits per heavy atom. The highest BCUT2D eigenvalue weighted by atomic mass is 32.1. The maximum Gasteiger partial charge on any atom is 0.414 e. The Bertz CT molecular complexity index is 894. The van der Waals surface area contributed by atoms with Gasteiger partial charge in [0.15, 0.2) is 16.8 Å². The molecular weight excluding hydrogens is 376 g/mol. The summed E-state index contributed by atoms with van der Waals surface area (Å²) in [6.45, 7) is 7.31. The van der Waals surface area contributed by atoms with Crippen molar-refractivity contribution in [2.24, 2.45) is 0 Å². The van der Waals surface area contributed by atoms with Gasteiger partial charge in [-0.15, -0.1) is 0 Å². The summed E-state index contributed by atoms with van der Waals surface area (Å²) in [6.07, 6.45) is 2.69. The van der Waals surface area contributed by atoms with Crippen molar-refractivity contribution in [2.75, 3.05) is 17.3 Å². The molecule has 28 heavy (non-hydrogen) atoms. The Morgan fingerprint density at radius 2 is 1.96 bits per heavy atom. The summed E-state index contributed by atoms with van der Waals surface area (Å²) in [7, 11) is 1.59. The highest BCUT2D eigenvalue weighted by Crippen LogP contribution is 2.23. The van der Waals surface area contributed by atoms with Crippen molar-refractivity contribution >= 4 is 40.8 Å². The lowest BCUT2D eigenvalue weighted by Gasteiger charge is -2.25. The fourth-order valence-electron chi connectivity index (χ4n) is 2.18. The molecule has 0 fully saturated rings. The lowest BCUT2D eigenvalue weighted by molar-refractivity contribution is 0.0589. The molecule has 0 atom stereocenters. The minimum atomic E-state index is -0.617. The number of carbonyl (C=O) groups excluding carboxylic acids is 1. The van der Waals surface area contributed by atoms with E-state index in [1.54, 1.807) is 58.4 Å². The number of nitrogens with zero attached hydrogens (tertiary/aromatic N) is 3. The molecule has 8 nitrogen and oxygen atoms in total. The lowest BCUT2D eigenvalue weighted by atomic mass is 10.2. The highest BCUT2D eigenvalue weighted by Gasteiger charge is 2.23. The van der Waals surface area contributed by atoms with E-state index in [1.165, 1.54) is 4.90 Å². The lowest BCUT2D eigenvalue weighted by Crippen LogP contribution is -2.37. The van der Waals surface area contributed by atoms with Crippen LogP contribution in [0.1, 0.15) is 32.0 Å². The van der Waals surface area contributed by atoms with Gasteiger partial charge in [0, 0.05) is 19.4 Å². The first kappa shape index (κ1) is 21.2. The average Bonchev–Trinajstić information content (AvgIpc) is 2.60. The number of pyridine rings is 2. The van der Waals surface area contributed by atoms with Gasteiger partial charge in [0.25, 0.3) is 0 Å². The van der Waals surface area contributed by atoms with Gasteiger partial charge in [-0.25, -0.2) is 9.78 Å². The molecule has 0 saturated heterocycles. The normalized spacial score (nSPS) is 10.8. The van der Waals surface area contributed by atoms with Gasteiger partial charge in [-0.3, -0.25) is 15.3 Å². The molecular formula is C19H24N6O2S. The van der Waals surface area contributed by atoms with E-state index in [2.05, 4.69) is 20.6 Å². The number of nitrogens with one attached hydrogen (secondary N) is 3. The second-order valence-electron chi connectivity index (χ2n) is 7.08. The standard InChI is InChI=1S/C19H24N6O2S/c1-12-8-10-21-13(11-12)15(20)23-17(28)24-16-14(7-6-9-22-16)25(5)18(26)27-19(2,3)4/h6-11H,1-5H3,(H3,20,22,23,24,28). The minimum Gasteiger partial charge on any atom is -0.443 e. The summed E-state index contributed by atoms with van der Waals surface area (Å²) in [5, 5.41) is 14.0. The van der Waals surface area contributed by atoms with Gasteiger partial charge in [0.2, 0.25) is 0 Å². The molecule has 0 spiro atoms. The van der Waals surface area contributed by atoms with E-state index in [0.29, 0.717) is 17.2 Å². The molecule has 0 aliphatic carbocycles. The zero-order valence-electron chi connectivity index (χ0n) is 16.5. The van der Waals surface area contributed by atoms with E-state index in [1.807, 2.05) is 13.0 Å². The topological polar surface area (TPSA) is 103 Å². The Balaban J connectivity index is 2.11. The molecule has 0 saturated carbocycles. The summed E-state index contributed by atoms with van der Waals surface area (Å²) in [4.78, 5) is 22.1. The summed E-state index contributed by atoms with van der Waals surface area (Å²) in [5.41, 5.74) is 1.33. The minimum absolute atomic E-state index is 0.0548. The predicted octanol–water partition coefficient (Wildman–Crippen LogP) is 3.47. The Morgan fingerprint density at radius 3 is 2.61 bits per heavy atom. The Labute approximate surface area is 169 Å². The summed E-state index contributed by atoms with van der Waals surface area (Å²) in [6, 6.07) is 7.05. The van der Waals surface area contributed by atoms with Gasteiger partial charge in [-0.05, 0) is 69.7 Å². The predicted molar refractivity (Wildman–Crippen MR) is 114 cm³/mol. The van der Waals surface area contributed by atoms with E-state index < -0.39 is 11.7 Å². The maximum atomic E-state index is 12.3. The number of aryl methyl sites for hydroxylation is 1. The van der Waals surface area contributed by atoms with E-state index in [9.17, 15) is 4.79 Å². The van der Waals surface area contributed by atoms with Crippen LogP contribution in [0.15, 0.2) is 36.7 Å². The number of anilines is 2. The third kappa shape index (κ3) is 5.98. The van der Waals surface area contributed by atoms with Gasteiger partial charge in [-0.2, -0.15) is 0 Å². The molecule has 2 aromatic heterocycles. The smallest absolute Gasteiger partial charge is 0.414 e. The second-order valence-corrected chi connectivity index (χ2v) is 7.49. The van der Waals surface area contributed by atoms with Crippen molar-refractivity contribution in [3.63, 3.8) is 0 Å². The fourth-order valence-corrected chi connectivity index (χ4v) is 2.38. The van der Waals surface area contributed by atoms with E-state index >= 15 is 0 Å². The van der Waals surface area contributed by atoms with Gasteiger partial charge in [0.05, 0.1) is 5.69 Å². The zero-order valence-corrected chi connectivity index (χ0v) is 17.3. The first-order valence-electron chi connectivity index (χ1n) is 8.58. The molecule has 0 bridgehead atoms. The Hall–Kier alpha value is -3.07. The number of amides is 1. The first-order chi connectivity index (χ1) is 13.1. The number of amidine groups is 1. The van der Waals surface area contributed by atoms with Crippen molar-refractivity contribution < 1.29 is 9.53 Å². The van der Waals surface area contributed by atoms with E-state index in [-0.39, 0.29) is 10.9 Å². The first-order valence-corrected chi connectivity index (χ1v) is 8.99. The van der Waals surface area contributed by atoms with Crippen LogP contribution in [-0.2, 0) is 4.74 Å². The molecule has 0 aliphatic rings. The molecule has 0 aliphatic heterocycles. The van der Waals surface area contributed by atoms with Gasteiger partial charge < -0.3 is 15.4 Å². The molecule has 2 aromatic rings. The Kier molecular flexibility index (Phi) is 6.63. The van der Waals surface area contributed by atoms with Gasteiger partial charge in [0.1, 0.15) is 11.3 Å². The van der Waals surface area contributed by atoms with Crippen molar-refractivity contribution in [3.8, 4) is 0 Å². The quantitative estimate of drug-likeness (QED) is 0.412. The number of thiocarbonyl (C=S) groups is 1. The number of carbonyl (C=O) groups is 1. The summed E-state index contributed by atoms with van der Waals surface area (Å²) < 4.78 is 5.39. The van der Waals surface area contributed by atoms with Crippen LogP contribution < -0.4 is 15.5 Å². The van der Waals surface area contributed by atoms with Crippen molar-refractivity contribution in [1.82, 2.24) is 15.3 Å². The SMILES string of the molecule is Cc1ccnc(C(=N)NC(=S)Nc2ncccc2N(C)C(=O)OC(C)(C)C)c1. The molecule has 9 heteroatoms. The zero-order chi connectivity index (χ0) is 20.9. The molecule has 1 amide bonds. The molecule has 0 aromatic carbocycles. The van der Waals surface area contributed by atoms with Crippen molar-refractivity contribution in [1.29, 1.82) is 5.41 Å². The van der Waals surface area contributed by atoms with E-state index in [4.69, 9.17) is 22.4 Å². The van der Waals surface area contributed by atoms with Crippen LogP contribution in [0.2, 0.25) is 0 Å². The number of ether oxygens (including phenoxy) is 1. The molecule has 2 rings (SSSR count). The summed E-state index contributed by atoms with van der Waals surface area (Å²) >= 11 is 5.28. The third-order valence-corrected chi connectivity index (χ3v) is 3.66. The van der Waals surface area contributed by atoms with Crippen LogP contribution in [0.25, 0.3) is 0 Å². The maximum absolute atomic E-state index is 12.3. The monoisotopic (exact) mass is 400 g/mol. The van der Waals surface area contributed by atoms with Crippen LogP contribution in [0.5, 0.6) is 0 Å². The second kappa shape index (κ2) is 8.75.